The number of rotatable bonds is 10. The van der Waals surface area contributed by atoms with Crippen LogP contribution in [0.4, 0.5) is 0 Å². The molecule has 0 unspecified atom stereocenters. The molecule has 0 aliphatic rings. The number of benzene rings is 8. The molecule has 0 bridgehead atoms. The third-order valence-electron chi connectivity index (χ3n) is 23.9. The molecule has 0 aliphatic carbocycles. The average Bonchev–Trinajstić information content (AvgIpc) is 0.720. The molecule has 392 valence electrons. The molecule has 8 aromatic rings. The van der Waals surface area contributed by atoms with Gasteiger partial charge in [0.1, 0.15) is 94.2 Å². The zero-order valence-corrected chi connectivity index (χ0v) is 61.2. The maximum absolute atomic E-state index is 7.47. The summed E-state index contributed by atoms with van der Waals surface area (Å²) in [5, 5.41) is 9.19. The monoisotopic (exact) mass is 1100 g/mol. The van der Waals surface area contributed by atoms with E-state index in [1.165, 1.54) is 252 Å². The summed E-state index contributed by atoms with van der Waals surface area (Å²) in [6, 6.07) is 0. The molecule has 0 aliphatic heterocycles. The number of hydrogen-bond acceptors (Lipinski definition) is 0. The molecule has 88 heavy (non-hydrogen) atoms. The van der Waals surface area contributed by atoms with Crippen LogP contribution in [0.2, 0.25) is 6.32 Å². The van der Waals surface area contributed by atoms with Crippen molar-refractivity contribution in [2.75, 3.05) is 0 Å². The van der Waals surface area contributed by atoms with Crippen LogP contribution < -0.4 is 126 Å². The minimum absolute atomic E-state index is 0.900. The first-order valence-corrected chi connectivity index (χ1v) is 32.6. The molecule has 0 nitrogen and oxygen atoms in total. The fourth-order valence-corrected chi connectivity index (χ4v) is 16.4. The van der Waals surface area contributed by atoms with Gasteiger partial charge in [0.25, 0.3) is 0 Å². The van der Waals surface area contributed by atoms with E-state index >= 15 is 0 Å². The Morgan fingerprint density at radius 1 is 0.330 bits per heavy atom. The maximum atomic E-state index is 7.47. The van der Waals surface area contributed by atoms with Crippen molar-refractivity contribution in [1.82, 2.24) is 0 Å². The SMILES string of the molecule is B=C(B)/C(B)=C(/B)c1c(C)c(-c2c(C#C)c(/C(B)=C(/B)CB)c(-c3c(B)c(B)c(-c4c(B)c(B)c5c(B)c(B)c(B)c(B)c5c4B)c(B)c3B)c3c(B)c(B)c(B)c(B)c23)c(B)c(/C(B)=C(/B)C(B)=C)c1-c1c(B)c(B)c2c(B)c(B)c(B)c(B)c2c1B. The van der Waals surface area contributed by atoms with E-state index in [-0.39, 0.29) is 0 Å². The van der Waals surface area contributed by atoms with E-state index in [0.717, 1.165) is 28.3 Å². The molecule has 0 aromatic heterocycles. The summed E-state index contributed by atoms with van der Waals surface area (Å²) < 4.78 is 0. The Bertz CT molecular complexity index is 4670. The Morgan fingerprint density at radius 3 is 0.977 bits per heavy atom. The molecule has 0 amide bonds. The van der Waals surface area contributed by atoms with E-state index in [4.69, 9.17) is 6.42 Å². The van der Waals surface area contributed by atoms with Gasteiger partial charge in [0, 0.05) is 0 Å². The van der Waals surface area contributed by atoms with Crippen LogP contribution in [0.1, 0.15) is 27.8 Å². The Balaban J connectivity index is 1.74. The van der Waals surface area contributed by atoms with E-state index in [1.54, 1.807) is 0 Å². The predicted molar refractivity (Wildman–Crippen MR) is 505 cm³/mol. The number of fused-ring (bicyclic) bond motifs is 3. The summed E-state index contributed by atoms with van der Waals surface area (Å²) in [5.74, 6) is 3.63. The van der Waals surface area contributed by atoms with Crippen molar-refractivity contribution >= 4 is 438 Å². The summed E-state index contributed by atoms with van der Waals surface area (Å²) in [7, 11) is 79.6. The summed E-state index contributed by atoms with van der Waals surface area (Å²) in [5.41, 5.74) is 55.5. The molecule has 0 N–H and O–H groups in total. The van der Waals surface area contributed by atoms with Gasteiger partial charge in [-0.25, -0.2) is 0 Å². The van der Waals surface area contributed by atoms with Crippen molar-refractivity contribution in [2.24, 2.45) is 0 Å². The molecule has 33 heteroatoms. The van der Waals surface area contributed by atoms with Crippen molar-refractivity contribution in [3.05, 3.63) is 56.3 Å². The molecular weight excluding hydrogens is 1020 g/mol. The standard InChI is InChI=1S/C55H73B33/c1-4-8-12(10-6(2)11(32(64)54(86)55(87)88)14(18(29(10)61)35(67)27(59)7(3)57)19-30(62)22-25(42(74)36(19)68)46(78)52(84)50(82)44(22)76)16-17(34(66)49(81)48(80)33(16)65)15(13(8)28(60)9(58)5-56)20-37(69)40(72)24(41(73)38(20)70)21-31(63)23-26(43(75)39(21)71)47(79)53(85)51(83)45(23)77/h1,87H,3,5,56-86,88H2,2H3/b28-9-,35-27-,54-32-. The van der Waals surface area contributed by atoms with E-state index < -0.39 is 0 Å². The molecule has 8 rings (SSSR count). The quantitative estimate of drug-likeness (QED) is 0.0727. The van der Waals surface area contributed by atoms with Gasteiger partial charge < -0.3 is 0 Å². The van der Waals surface area contributed by atoms with Crippen LogP contribution in [0.15, 0.2) is 28.5 Å². The van der Waals surface area contributed by atoms with Gasteiger partial charge in [-0.3, -0.25) is 0 Å². The molecule has 0 radical (unpaired) electrons. The van der Waals surface area contributed by atoms with Gasteiger partial charge in [0.2, 0.25) is 0 Å². The first-order chi connectivity index (χ1) is 40.9. The van der Waals surface area contributed by atoms with E-state index in [9.17, 15) is 0 Å². The van der Waals surface area contributed by atoms with Crippen LogP contribution in [0.25, 0.3) is 93.2 Å². The van der Waals surface area contributed by atoms with E-state index in [1.807, 2.05) is 0 Å². The molecule has 0 saturated carbocycles. The predicted octanol–water partition coefficient (Wildman–Crippen LogP) is -35.3. The van der Waals surface area contributed by atoms with Gasteiger partial charge in [-0.15, -0.1) is 10.9 Å². The van der Waals surface area contributed by atoms with Crippen LogP contribution in [-0.2, 0) is 0 Å². The Morgan fingerprint density at radius 2 is 0.625 bits per heavy atom. The van der Waals surface area contributed by atoms with Crippen molar-refractivity contribution in [3.8, 4) is 56.9 Å². The minimum atomic E-state index is 0.900. The third kappa shape index (κ3) is 10.1. The van der Waals surface area contributed by atoms with Crippen molar-refractivity contribution in [1.29, 1.82) is 0 Å². The second-order valence-electron chi connectivity index (χ2n) is 27.7. The molecule has 0 spiro atoms. The van der Waals surface area contributed by atoms with Crippen LogP contribution >= 0.6 is 0 Å². The van der Waals surface area contributed by atoms with Crippen molar-refractivity contribution in [3.63, 3.8) is 0 Å². The summed E-state index contributed by atoms with van der Waals surface area (Å²) in [6.45, 7) is 7.06. The molecule has 8 aromatic carbocycles. The van der Waals surface area contributed by atoms with E-state index in [0.29, 0.717) is 0 Å². The van der Waals surface area contributed by atoms with Gasteiger partial charge >= 0.3 is 399 Å². The van der Waals surface area contributed by atoms with Gasteiger partial charge in [-0.05, 0) is 21.9 Å². The van der Waals surface area contributed by atoms with Gasteiger partial charge in [0.15, 0.2) is 0 Å². The van der Waals surface area contributed by atoms with Gasteiger partial charge in [-0.2, -0.15) is 0 Å². The Labute approximate surface area is 560 Å². The fraction of sp³-hybridized carbons (Fsp3) is 0.0364. The average molecular weight is 1090 g/mol. The first-order valence-electron chi connectivity index (χ1n) is 32.6. The van der Waals surface area contributed by atoms with Crippen LogP contribution in [-0.4, -0.2) is 264 Å². The van der Waals surface area contributed by atoms with Crippen LogP contribution in [0, 0.1) is 19.3 Å². The summed E-state index contributed by atoms with van der Waals surface area (Å²) in [6.07, 6.45) is 8.37. The number of hydrogen-bond donors (Lipinski definition) is 0. The van der Waals surface area contributed by atoms with Gasteiger partial charge in [0.05, 0.1) is 0 Å². The molecule has 0 atom stereocenters. The second kappa shape index (κ2) is 24.9. The van der Waals surface area contributed by atoms with Crippen molar-refractivity contribution in [2.45, 2.75) is 13.2 Å². The third-order valence-corrected chi connectivity index (χ3v) is 23.9. The fourth-order valence-electron chi connectivity index (χ4n) is 16.4. The first kappa shape index (κ1) is 69.0. The molecular formula is C55H73B33. The topological polar surface area (TPSA) is 0 Å². The number of allylic oxidation sites excluding steroid dienone is 4. The summed E-state index contributed by atoms with van der Waals surface area (Å²) >= 11 is 0. The van der Waals surface area contributed by atoms with Gasteiger partial charge in [-0.1, -0.05) is 38.2 Å². The van der Waals surface area contributed by atoms with Crippen LogP contribution in [0.3, 0.4) is 0 Å². The zero-order chi connectivity index (χ0) is 66.3. The van der Waals surface area contributed by atoms with E-state index in [2.05, 4.69) is 278 Å². The molecule has 0 saturated heterocycles. The zero-order valence-electron chi connectivity index (χ0n) is 61.2. The number of terminal acetylenes is 1. The molecule has 0 fully saturated rings. The van der Waals surface area contributed by atoms with Crippen molar-refractivity contribution < 1.29 is 0 Å². The normalized spacial score (nSPS) is 12.4. The summed E-state index contributed by atoms with van der Waals surface area (Å²) in [4.78, 5) is 0. The molecule has 0 heterocycles. The second-order valence-corrected chi connectivity index (χ2v) is 27.7. The Hall–Kier alpha value is -4.93. The Kier molecular flexibility index (Phi) is 19.5. The van der Waals surface area contributed by atoms with Crippen LogP contribution in [0.5, 0.6) is 0 Å².